The smallest absolute Gasteiger partial charge is 0.326 e. The van der Waals surface area contributed by atoms with Gasteiger partial charge in [0.15, 0.2) is 0 Å². The number of esters is 1. The number of imide groups is 1. The average Bonchev–Trinajstić information content (AvgIpc) is 2.98. The van der Waals surface area contributed by atoms with Crippen molar-refractivity contribution in [3.8, 4) is 0 Å². The molecule has 7 nitrogen and oxygen atoms in total. The van der Waals surface area contributed by atoms with Gasteiger partial charge in [-0.15, -0.1) is 0 Å². The molecule has 1 saturated heterocycles. The third-order valence-corrected chi connectivity index (χ3v) is 6.26. The minimum Gasteiger partial charge on any atom is -0.459 e. The Balaban J connectivity index is 1.40. The van der Waals surface area contributed by atoms with E-state index in [4.69, 9.17) is 4.74 Å². The normalized spacial score (nSPS) is 23.8. The van der Waals surface area contributed by atoms with Crippen molar-refractivity contribution in [1.82, 2.24) is 15.2 Å². The number of carbonyl (C=O) groups is 3. The average molecular weight is 413 g/mol. The van der Waals surface area contributed by atoms with E-state index in [0.717, 1.165) is 24.2 Å². The van der Waals surface area contributed by atoms with Gasteiger partial charge in [-0.25, -0.2) is 9.18 Å². The van der Waals surface area contributed by atoms with Gasteiger partial charge in [0.25, 0.3) is 5.91 Å². The summed E-state index contributed by atoms with van der Waals surface area (Å²) in [4.78, 5) is 42.7. The number of nitrogens with zero attached hydrogens (tertiary/aromatic N) is 2. The molecule has 1 spiro atoms. The van der Waals surface area contributed by atoms with Gasteiger partial charge in [-0.2, -0.15) is 0 Å². The first kappa shape index (κ1) is 20.3. The third-order valence-electron chi connectivity index (χ3n) is 6.26. The Morgan fingerprint density at radius 1 is 1.30 bits per heavy atom. The molecule has 2 fully saturated rings. The predicted octanol–water partition coefficient (Wildman–Crippen LogP) is 3.31. The van der Waals surface area contributed by atoms with Crippen LogP contribution in [0.1, 0.15) is 44.6 Å². The van der Waals surface area contributed by atoms with E-state index in [9.17, 15) is 18.8 Å². The number of halogens is 1. The van der Waals surface area contributed by atoms with E-state index in [2.05, 4.69) is 17.2 Å². The number of hydrogen-bond acceptors (Lipinski definition) is 5. The number of amides is 3. The fourth-order valence-electron chi connectivity index (χ4n) is 4.38. The molecule has 1 aliphatic heterocycles. The third kappa shape index (κ3) is 3.62. The van der Waals surface area contributed by atoms with Gasteiger partial charge in [-0.1, -0.05) is 19.4 Å². The SMILES string of the molecule is CCC1CCC2(CC1)NC(=O)N(CC(=O)OCc1ccc(F)c3cccnc13)C2=O. The molecule has 2 aromatic rings. The summed E-state index contributed by atoms with van der Waals surface area (Å²) in [6.07, 6.45) is 5.54. The second-order valence-electron chi connectivity index (χ2n) is 8.02. The van der Waals surface area contributed by atoms with E-state index in [1.807, 2.05) is 0 Å². The maximum absolute atomic E-state index is 13.9. The molecule has 1 N–H and O–H groups in total. The number of benzene rings is 1. The summed E-state index contributed by atoms with van der Waals surface area (Å²) in [7, 11) is 0. The first-order valence-electron chi connectivity index (χ1n) is 10.3. The van der Waals surface area contributed by atoms with Gasteiger partial charge in [0, 0.05) is 17.1 Å². The van der Waals surface area contributed by atoms with Crippen molar-refractivity contribution in [1.29, 1.82) is 0 Å². The molecule has 0 atom stereocenters. The van der Waals surface area contributed by atoms with Gasteiger partial charge in [0.05, 0.1) is 5.52 Å². The quantitative estimate of drug-likeness (QED) is 0.600. The Bertz CT molecular complexity index is 1000. The highest BCUT2D eigenvalue weighted by atomic mass is 19.1. The largest absolute Gasteiger partial charge is 0.459 e. The Morgan fingerprint density at radius 2 is 2.07 bits per heavy atom. The van der Waals surface area contributed by atoms with Crippen LogP contribution in [-0.2, 0) is 20.9 Å². The highest BCUT2D eigenvalue weighted by Crippen LogP contribution is 2.37. The molecule has 1 aromatic carbocycles. The van der Waals surface area contributed by atoms with Crippen molar-refractivity contribution in [2.75, 3.05) is 6.54 Å². The van der Waals surface area contributed by atoms with Crippen molar-refractivity contribution >= 4 is 28.8 Å². The first-order valence-corrected chi connectivity index (χ1v) is 10.3. The van der Waals surface area contributed by atoms with Crippen molar-refractivity contribution in [3.05, 3.63) is 41.8 Å². The van der Waals surface area contributed by atoms with E-state index in [1.165, 1.54) is 18.3 Å². The number of carbonyl (C=O) groups excluding carboxylic acids is 3. The van der Waals surface area contributed by atoms with Crippen LogP contribution in [0.5, 0.6) is 0 Å². The maximum atomic E-state index is 13.9. The summed E-state index contributed by atoms with van der Waals surface area (Å²) in [6, 6.07) is 5.47. The van der Waals surface area contributed by atoms with Crippen molar-refractivity contribution < 1.29 is 23.5 Å². The molecule has 4 rings (SSSR count). The standard InChI is InChI=1S/C22H24FN3O4/c1-2-14-7-9-22(10-8-14)20(28)26(21(29)25-22)12-18(27)30-13-15-5-6-17(23)16-4-3-11-24-19(15)16/h3-6,11,14H,2,7-10,12-13H2,1H3,(H,25,29). The number of hydrogen-bond donors (Lipinski definition) is 1. The number of fused-ring (bicyclic) bond motifs is 1. The minimum absolute atomic E-state index is 0.125. The number of ether oxygens (including phenoxy) is 1. The Hall–Kier alpha value is -3.03. The molecular weight excluding hydrogens is 389 g/mol. The second-order valence-corrected chi connectivity index (χ2v) is 8.02. The topological polar surface area (TPSA) is 88.6 Å². The number of rotatable bonds is 5. The van der Waals surface area contributed by atoms with Crippen molar-refractivity contribution in [2.45, 2.75) is 51.2 Å². The van der Waals surface area contributed by atoms with Crippen LogP contribution < -0.4 is 5.32 Å². The van der Waals surface area contributed by atoms with E-state index < -0.39 is 29.9 Å². The summed E-state index contributed by atoms with van der Waals surface area (Å²) in [6.45, 7) is 1.55. The molecule has 2 aliphatic rings. The number of pyridine rings is 1. The summed E-state index contributed by atoms with van der Waals surface area (Å²) < 4.78 is 19.2. The molecule has 8 heteroatoms. The molecule has 3 amide bonds. The van der Waals surface area contributed by atoms with Crippen LogP contribution in [0.2, 0.25) is 0 Å². The fourth-order valence-corrected chi connectivity index (χ4v) is 4.38. The van der Waals surface area contributed by atoms with E-state index >= 15 is 0 Å². The summed E-state index contributed by atoms with van der Waals surface area (Å²) in [5.74, 6) is -0.895. The monoisotopic (exact) mass is 413 g/mol. The first-order chi connectivity index (χ1) is 14.4. The predicted molar refractivity (Wildman–Crippen MR) is 107 cm³/mol. The van der Waals surface area contributed by atoms with Gasteiger partial charge >= 0.3 is 12.0 Å². The van der Waals surface area contributed by atoms with Gasteiger partial charge in [0.1, 0.15) is 24.5 Å². The molecule has 1 aliphatic carbocycles. The van der Waals surface area contributed by atoms with Gasteiger partial charge in [-0.3, -0.25) is 19.5 Å². The van der Waals surface area contributed by atoms with Crippen LogP contribution in [0.3, 0.4) is 0 Å². The van der Waals surface area contributed by atoms with Crippen molar-refractivity contribution in [3.63, 3.8) is 0 Å². The zero-order valence-corrected chi connectivity index (χ0v) is 16.8. The molecule has 0 bridgehead atoms. The van der Waals surface area contributed by atoms with Crippen LogP contribution in [0, 0.1) is 11.7 Å². The summed E-state index contributed by atoms with van der Waals surface area (Å²) >= 11 is 0. The van der Waals surface area contributed by atoms with Crippen LogP contribution >= 0.6 is 0 Å². The highest BCUT2D eigenvalue weighted by molar-refractivity contribution is 6.08. The summed E-state index contributed by atoms with van der Waals surface area (Å²) in [5, 5.41) is 3.14. The van der Waals surface area contributed by atoms with E-state index in [-0.39, 0.29) is 12.5 Å². The summed E-state index contributed by atoms with van der Waals surface area (Å²) in [5.41, 5.74) is 0.0685. The lowest BCUT2D eigenvalue weighted by atomic mass is 9.75. The Labute approximate surface area is 173 Å². The lowest BCUT2D eigenvalue weighted by Gasteiger charge is -2.34. The molecule has 158 valence electrons. The molecular formula is C22H24FN3O4. The van der Waals surface area contributed by atoms with E-state index in [1.54, 1.807) is 12.1 Å². The van der Waals surface area contributed by atoms with Gasteiger partial charge in [0.2, 0.25) is 0 Å². The van der Waals surface area contributed by atoms with Gasteiger partial charge < -0.3 is 10.1 Å². The minimum atomic E-state index is -0.889. The number of aromatic nitrogens is 1. The second kappa shape index (κ2) is 8.01. The number of nitrogens with one attached hydrogen (secondary N) is 1. The van der Waals surface area contributed by atoms with Crippen LogP contribution in [0.15, 0.2) is 30.5 Å². The Kier molecular flexibility index (Phi) is 5.40. The Morgan fingerprint density at radius 3 is 2.80 bits per heavy atom. The highest BCUT2D eigenvalue weighted by Gasteiger charge is 2.52. The van der Waals surface area contributed by atoms with Gasteiger partial charge in [-0.05, 0) is 49.8 Å². The lowest BCUT2D eigenvalue weighted by Crippen LogP contribution is -2.49. The zero-order valence-electron chi connectivity index (χ0n) is 16.8. The molecule has 2 heterocycles. The molecule has 0 unspecified atom stereocenters. The molecule has 1 saturated carbocycles. The molecule has 1 aromatic heterocycles. The van der Waals surface area contributed by atoms with Crippen LogP contribution in [-0.4, -0.2) is 39.9 Å². The van der Waals surface area contributed by atoms with E-state index in [0.29, 0.717) is 35.2 Å². The van der Waals surface area contributed by atoms with Crippen molar-refractivity contribution in [2.24, 2.45) is 5.92 Å². The molecule has 0 radical (unpaired) electrons. The lowest BCUT2D eigenvalue weighted by molar-refractivity contribution is -0.149. The number of urea groups is 1. The molecule has 30 heavy (non-hydrogen) atoms. The zero-order chi connectivity index (χ0) is 21.3. The fraction of sp³-hybridized carbons (Fsp3) is 0.455. The van der Waals surface area contributed by atoms with Crippen LogP contribution in [0.25, 0.3) is 10.9 Å². The maximum Gasteiger partial charge on any atom is 0.326 e. The van der Waals surface area contributed by atoms with Crippen LogP contribution in [0.4, 0.5) is 9.18 Å².